The van der Waals surface area contributed by atoms with Crippen LogP contribution in [-0.4, -0.2) is 34.7 Å². The molecule has 39 heavy (non-hydrogen) atoms. The first-order chi connectivity index (χ1) is 18.9. The normalized spacial score (nSPS) is 14.1. The Bertz CT molecular complexity index is 1440. The number of ether oxygens (including phenoxy) is 1. The highest BCUT2D eigenvalue weighted by Gasteiger charge is 2.24. The molecule has 0 atom stereocenters. The first kappa shape index (κ1) is 27.4. The number of anilines is 2. The van der Waals surface area contributed by atoms with E-state index in [4.69, 9.17) is 14.7 Å². The summed E-state index contributed by atoms with van der Waals surface area (Å²) in [5, 5.41) is 4.25. The van der Waals surface area contributed by atoms with E-state index in [1.54, 1.807) is 29.7 Å². The maximum atomic E-state index is 14.8. The third kappa shape index (κ3) is 6.71. The van der Waals surface area contributed by atoms with E-state index in [1.165, 1.54) is 6.07 Å². The third-order valence-corrected chi connectivity index (χ3v) is 8.27. The molecular weight excluding hydrogens is 543 g/mol. The minimum absolute atomic E-state index is 0.0263. The number of halogens is 3. The second-order valence-electron chi connectivity index (χ2n) is 9.63. The molecule has 0 unspecified atom stereocenters. The first-order valence-electron chi connectivity index (χ1n) is 12.7. The van der Waals surface area contributed by atoms with E-state index < -0.39 is 17.5 Å². The predicted octanol–water partition coefficient (Wildman–Crippen LogP) is 7.77. The number of aromatic nitrogens is 3. The lowest BCUT2D eigenvalue weighted by Gasteiger charge is -2.19. The molecule has 2 aromatic heterocycles. The quantitative estimate of drug-likeness (QED) is 0.199. The van der Waals surface area contributed by atoms with Crippen molar-refractivity contribution < 1.29 is 17.9 Å². The van der Waals surface area contributed by atoms with Crippen LogP contribution >= 0.6 is 23.3 Å². The van der Waals surface area contributed by atoms with Gasteiger partial charge in [0.2, 0.25) is 5.95 Å². The maximum Gasteiger partial charge on any atom is 0.223 e. The Balaban J connectivity index is 1.50. The number of nitrogens with zero attached hydrogens (tertiary/aromatic N) is 3. The molecule has 0 saturated carbocycles. The fraction of sp³-hybridized carbons (Fsp3) is 0.321. The molecule has 1 saturated heterocycles. The Morgan fingerprint density at radius 1 is 1.03 bits per heavy atom. The molecule has 1 aliphatic heterocycles. The van der Waals surface area contributed by atoms with Gasteiger partial charge in [-0.3, -0.25) is 0 Å². The molecule has 0 bridgehead atoms. The van der Waals surface area contributed by atoms with Crippen molar-refractivity contribution in [3.63, 3.8) is 0 Å². The van der Waals surface area contributed by atoms with Crippen LogP contribution in [0.4, 0.5) is 24.8 Å². The van der Waals surface area contributed by atoms with Gasteiger partial charge in [-0.05, 0) is 73.2 Å². The van der Waals surface area contributed by atoms with Crippen molar-refractivity contribution in [2.45, 2.75) is 37.5 Å². The summed E-state index contributed by atoms with van der Waals surface area (Å²) in [5.41, 5.74) is 2.21. The number of nitrogens with one attached hydrogen (secondary N) is 2. The van der Waals surface area contributed by atoms with Gasteiger partial charge in [0.25, 0.3) is 0 Å². The van der Waals surface area contributed by atoms with Crippen LogP contribution in [0.3, 0.4) is 0 Å². The van der Waals surface area contributed by atoms with Gasteiger partial charge in [-0.15, -0.1) is 11.3 Å². The van der Waals surface area contributed by atoms with E-state index in [-0.39, 0.29) is 16.5 Å². The van der Waals surface area contributed by atoms with Gasteiger partial charge in [0, 0.05) is 37.4 Å². The lowest BCUT2D eigenvalue weighted by molar-refractivity contribution is 0.0853. The Morgan fingerprint density at radius 2 is 1.82 bits per heavy atom. The zero-order chi connectivity index (χ0) is 27.4. The standard InChI is InChI=1S/C28H28F3N5OS2/c1-16(2)15-33-28-32-10-7-22(34-28)26-25(35-27(38-26)17-8-11-37-12-9-17)18-3-5-20(30)23(13-18)36-39-24-14-19(29)4-6-21(24)31/h3-7,10,13-14,16-17,36H,8-9,11-12,15H2,1-2H3,(H,32,33,34). The zero-order valence-electron chi connectivity index (χ0n) is 21.5. The molecule has 2 aromatic carbocycles. The van der Waals surface area contributed by atoms with E-state index in [0.717, 1.165) is 65.1 Å². The van der Waals surface area contributed by atoms with Gasteiger partial charge in [-0.2, -0.15) is 0 Å². The number of rotatable bonds is 9. The first-order valence-corrected chi connectivity index (χ1v) is 14.3. The fourth-order valence-corrected chi connectivity index (χ4v) is 6.05. The molecule has 0 radical (unpaired) electrons. The smallest absolute Gasteiger partial charge is 0.223 e. The molecule has 1 aliphatic rings. The lowest BCUT2D eigenvalue weighted by atomic mass is 10.0. The number of benzene rings is 2. The van der Waals surface area contributed by atoms with Gasteiger partial charge in [0.05, 0.1) is 31.9 Å². The highest BCUT2D eigenvalue weighted by Crippen LogP contribution is 2.42. The fourth-order valence-electron chi connectivity index (χ4n) is 4.11. The average Bonchev–Trinajstić information content (AvgIpc) is 3.39. The average molecular weight is 572 g/mol. The van der Waals surface area contributed by atoms with Crippen LogP contribution in [0.15, 0.2) is 53.6 Å². The molecule has 3 heterocycles. The van der Waals surface area contributed by atoms with Crippen molar-refractivity contribution in [2.24, 2.45) is 5.92 Å². The van der Waals surface area contributed by atoms with Crippen LogP contribution in [0.2, 0.25) is 0 Å². The van der Waals surface area contributed by atoms with Crippen molar-refractivity contribution in [1.29, 1.82) is 0 Å². The Kier molecular flexibility index (Phi) is 8.69. The number of hydrogen-bond acceptors (Lipinski definition) is 8. The van der Waals surface area contributed by atoms with E-state index in [2.05, 4.69) is 28.9 Å². The largest absolute Gasteiger partial charge is 0.381 e. The molecule has 6 nitrogen and oxygen atoms in total. The predicted molar refractivity (Wildman–Crippen MR) is 150 cm³/mol. The van der Waals surface area contributed by atoms with Gasteiger partial charge in [-0.1, -0.05) is 13.8 Å². The summed E-state index contributed by atoms with van der Waals surface area (Å²) in [6.45, 7) is 6.33. The topological polar surface area (TPSA) is 72.0 Å². The second kappa shape index (κ2) is 12.4. The number of thiazole rings is 1. The van der Waals surface area contributed by atoms with Gasteiger partial charge >= 0.3 is 0 Å². The van der Waals surface area contributed by atoms with E-state index in [0.29, 0.717) is 36.3 Å². The SMILES string of the molecule is CC(C)CNc1nccc(-c2sc(C3CCOCC3)nc2-c2ccc(F)c(NSc3cc(F)ccc3F)c2)n1. The molecule has 0 aliphatic carbocycles. The van der Waals surface area contributed by atoms with Crippen molar-refractivity contribution in [2.75, 3.05) is 29.8 Å². The van der Waals surface area contributed by atoms with Crippen LogP contribution in [0.5, 0.6) is 0 Å². The zero-order valence-corrected chi connectivity index (χ0v) is 23.1. The Hall–Kier alpha value is -3.15. The molecular formula is C28H28F3N5OS2. The van der Waals surface area contributed by atoms with Gasteiger partial charge in [0.1, 0.15) is 17.5 Å². The lowest BCUT2D eigenvalue weighted by Crippen LogP contribution is -2.13. The summed E-state index contributed by atoms with van der Waals surface area (Å²) >= 11 is 2.38. The summed E-state index contributed by atoms with van der Waals surface area (Å²) in [5.74, 6) is -0.468. The summed E-state index contributed by atoms with van der Waals surface area (Å²) in [4.78, 5) is 15.0. The molecule has 0 amide bonds. The van der Waals surface area contributed by atoms with Crippen LogP contribution < -0.4 is 10.0 Å². The molecule has 204 valence electrons. The van der Waals surface area contributed by atoms with Crippen LogP contribution in [-0.2, 0) is 4.74 Å². The summed E-state index contributed by atoms with van der Waals surface area (Å²) in [7, 11) is 0. The Labute approximate surface area is 233 Å². The van der Waals surface area contributed by atoms with Crippen LogP contribution in [0.25, 0.3) is 21.8 Å². The maximum absolute atomic E-state index is 14.8. The molecule has 2 N–H and O–H groups in total. The van der Waals surface area contributed by atoms with Crippen molar-refractivity contribution in [1.82, 2.24) is 15.0 Å². The molecule has 4 aromatic rings. The Morgan fingerprint density at radius 3 is 2.62 bits per heavy atom. The summed E-state index contributed by atoms with van der Waals surface area (Å²) in [6, 6.07) is 9.62. The molecule has 1 fully saturated rings. The minimum Gasteiger partial charge on any atom is -0.381 e. The molecule has 11 heteroatoms. The van der Waals surface area contributed by atoms with E-state index >= 15 is 0 Å². The van der Waals surface area contributed by atoms with Crippen LogP contribution in [0, 0.1) is 23.4 Å². The monoisotopic (exact) mass is 571 g/mol. The summed E-state index contributed by atoms with van der Waals surface area (Å²) in [6.07, 6.45) is 3.47. The highest BCUT2D eigenvalue weighted by molar-refractivity contribution is 8.00. The minimum atomic E-state index is -0.598. The van der Waals surface area contributed by atoms with Crippen molar-refractivity contribution in [3.8, 4) is 21.8 Å². The summed E-state index contributed by atoms with van der Waals surface area (Å²) < 4.78 is 50.9. The van der Waals surface area contributed by atoms with Crippen LogP contribution in [0.1, 0.15) is 37.6 Å². The highest BCUT2D eigenvalue weighted by atomic mass is 32.2. The van der Waals surface area contributed by atoms with Gasteiger partial charge in [0.15, 0.2) is 0 Å². The second-order valence-corrected chi connectivity index (χ2v) is 11.5. The third-order valence-electron chi connectivity index (χ3n) is 6.17. The van der Waals surface area contributed by atoms with Gasteiger partial charge in [-0.25, -0.2) is 28.1 Å². The van der Waals surface area contributed by atoms with E-state index in [1.807, 2.05) is 6.07 Å². The molecule has 5 rings (SSSR count). The van der Waals surface area contributed by atoms with Gasteiger partial charge < -0.3 is 14.8 Å². The van der Waals surface area contributed by atoms with E-state index in [9.17, 15) is 13.2 Å². The number of hydrogen-bond donors (Lipinski definition) is 2. The van der Waals surface area contributed by atoms with Crippen molar-refractivity contribution in [3.05, 3.63) is 71.1 Å². The van der Waals surface area contributed by atoms with Crippen molar-refractivity contribution >= 4 is 34.9 Å². The molecule has 0 spiro atoms.